The maximum atomic E-state index is 3.98. The molecule has 3 heteroatoms. The standard InChI is InChI=1S/C5H8N2S/c8-4-7-5-1-2-6-3-5/h1-3,6-8H,4H2. The van der Waals surface area contributed by atoms with Crippen LogP contribution in [0.25, 0.3) is 0 Å². The number of hydrogen-bond donors (Lipinski definition) is 3. The first-order valence-corrected chi connectivity index (χ1v) is 3.04. The summed E-state index contributed by atoms with van der Waals surface area (Å²) in [5.74, 6) is 0.678. The van der Waals surface area contributed by atoms with Crippen LogP contribution < -0.4 is 5.32 Å². The van der Waals surface area contributed by atoms with Gasteiger partial charge in [0.15, 0.2) is 0 Å². The second kappa shape index (κ2) is 2.67. The molecular weight excluding hydrogens is 120 g/mol. The summed E-state index contributed by atoms with van der Waals surface area (Å²) in [7, 11) is 0. The first-order chi connectivity index (χ1) is 3.93. The van der Waals surface area contributed by atoms with Gasteiger partial charge in [-0.25, -0.2) is 0 Å². The second-order valence-corrected chi connectivity index (χ2v) is 1.75. The van der Waals surface area contributed by atoms with Crippen molar-refractivity contribution in [3.8, 4) is 0 Å². The highest BCUT2D eigenvalue weighted by Crippen LogP contribution is 2.01. The molecule has 2 N–H and O–H groups in total. The maximum Gasteiger partial charge on any atom is 0.0582 e. The van der Waals surface area contributed by atoms with Crippen molar-refractivity contribution < 1.29 is 0 Å². The van der Waals surface area contributed by atoms with Crippen molar-refractivity contribution in [3.05, 3.63) is 18.5 Å². The van der Waals surface area contributed by atoms with Crippen molar-refractivity contribution in [2.24, 2.45) is 0 Å². The highest BCUT2D eigenvalue weighted by atomic mass is 32.1. The van der Waals surface area contributed by atoms with Gasteiger partial charge in [-0.15, -0.1) is 0 Å². The molecule has 1 aromatic rings. The molecule has 1 aromatic heterocycles. The van der Waals surface area contributed by atoms with E-state index >= 15 is 0 Å². The quantitative estimate of drug-likeness (QED) is 0.406. The van der Waals surface area contributed by atoms with Crippen LogP contribution in [0.4, 0.5) is 5.69 Å². The Balaban J connectivity index is 2.50. The molecule has 0 aliphatic heterocycles. The molecule has 0 aliphatic rings. The van der Waals surface area contributed by atoms with Gasteiger partial charge in [0.05, 0.1) is 11.6 Å². The summed E-state index contributed by atoms with van der Waals surface area (Å²) in [5, 5.41) is 3.02. The van der Waals surface area contributed by atoms with Crippen LogP contribution in [0.2, 0.25) is 0 Å². The molecule has 0 saturated carbocycles. The lowest BCUT2D eigenvalue weighted by atomic mass is 10.5. The van der Waals surface area contributed by atoms with Crippen molar-refractivity contribution in [1.82, 2.24) is 4.98 Å². The number of hydrogen-bond acceptors (Lipinski definition) is 2. The van der Waals surface area contributed by atoms with E-state index in [0.717, 1.165) is 5.69 Å². The zero-order valence-electron chi connectivity index (χ0n) is 4.39. The van der Waals surface area contributed by atoms with E-state index in [1.807, 2.05) is 18.5 Å². The highest BCUT2D eigenvalue weighted by Gasteiger charge is 1.83. The fourth-order valence-corrected chi connectivity index (χ4v) is 0.708. The summed E-state index contributed by atoms with van der Waals surface area (Å²) in [5.41, 5.74) is 1.08. The Hall–Kier alpha value is -0.570. The van der Waals surface area contributed by atoms with E-state index in [1.165, 1.54) is 0 Å². The van der Waals surface area contributed by atoms with Crippen LogP contribution in [0.5, 0.6) is 0 Å². The predicted octanol–water partition coefficient (Wildman–Crippen LogP) is 1.31. The van der Waals surface area contributed by atoms with Gasteiger partial charge < -0.3 is 10.3 Å². The summed E-state index contributed by atoms with van der Waals surface area (Å²) in [6, 6.07) is 1.95. The van der Waals surface area contributed by atoms with Crippen LogP contribution in [0, 0.1) is 0 Å². The summed E-state index contributed by atoms with van der Waals surface area (Å²) >= 11 is 3.98. The third-order valence-corrected chi connectivity index (χ3v) is 1.04. The topological polar surface area (TPSA) is 27.8 Å². The highest BCUT2D eigenvalue weighted by molar-refractivity contribution is 7.80. The van der Waals surface area contributed by atoms with Gasteiger partial charge in [-0.05, 0) is 6.07 Å². The molecule has 8 heavy (non-hydrogen) atoms. The van der Waals surface area contributed by atoms with E-state index in [2.05, 4.69) is 22.9 Å². The van der Waals surface area contributed by atoms with Crippen molar-refractivity contribution in [3.63, 3.8) is 0 Å². The van der Waals surface area contributed by atoms with E-state index in [-0.39, 0.29) is 0 Å². The Labute approximate surface area is 53.7 Å². The van der Waals surface area contributed by atoms with E-state index in [0.29, 0.717) is 5.88 Å². The smallest absolute Gasteiger partial charge is 0.0582 e. The third-order valence-electron chi connectivity index (χ3n) is 0.881. The van der Waals surface area contributed by atoms with Crippen LogP contribution in [0.1, 0.15) is 0 Å². The molecule has 0 aliphatic carbocycles. The summed E-state index contributed by atoms with van der Waals surface area (Å²) in [6.07, 6.45) is 3.75. The minimum absolute atomic E-state index is 0.678. The molecular formula is C5H8N2S. The largest absolute Gasteiger partial charge is 0.375 e. The molecule has 1 rings (SSSR count). The van der Waals surface area contributed by atoms with Crippen LogP contribution in [-0.2, 0) is 0 Å². The molecule has 0 radical (unpaired) electrons. The van der Waals surface area contributed by atoms with Gasteiger partial charge in [-0.3, -0.25) is 0 Å². The van der Waals surface area contributed by atoms with Gasteiger partial charge in [-0.2, -0.15) is 12.6 Å². The average Bonchev–Trinajstić information content (AvgIpc) is 2.19. The number of nitrogens with one attached hydrogen (secondary N) is 2. The van der Waals surface area contributed by atoms with Gasteiger partial charge in [0.1, 0.15) is 0 Å². The Morgan fingerprint density at radius 3 is 3.12 bits per heavy atom. The molecule has 0 bridgehead atoms. The van der Waals surface area contributed by atoms with Crippen molar-refractivity contribution >= 4 is 18.3 Å². The molecule has 0 fully saturated rings. The summed E-state index contributed by atoms with van der Waals surface area (Å²) in [6.45, 7) is 0. The van der Waals surface area contributed by atoms with Gasteiger partial charge in [0.2, 0.25) is 0 Å². The Morgan fingerprint density at radius 1 is 1.75 bits per heavy atom. The lowest BCUT2D eigenvalue weighted by Gasteiger charge is -1.93. The van der Waals surface area contributed by atoms with Gasteiger partial charge in [0, 0.05) is 12.4 Å². The predicted molar refractivity (Wildman–Crippen MR) is 38.3 cm³/mol. The number of aromatic amines is 1. The van der Waals surface area contributed by atoms with Crippen LogP contribution in [0.15, 0.2) is 18.5 Å². The molecule has 0 spiro atoms. The number of rotatable bonds is 2. The molecule has 0 saturated heterocycles. The molecule has 0 aromatic carbocycles. The summed E-state index contributed by atoms with van der Waals surface area (Å²) in [4.78, 5) is 2.92. The van der Waals surface area contributed by atoms with Crippen molar-refractivity contribution in [2.75, 3.05) is 11.2 Å². The van der Waals surface area contributed by atoms with Crippen molar-refractivity contribution in [2.45, 2.75) is 0 Å². The molecule has 0 amide bonds. The number of thiol groups is 1. The van der Waals surface area contributed by atoms with E-state index in [1.54, 1.807) is 0 Å². The minimum Gasteiger partial charge on any atom is -0.375 e. The van der Waals surface area contributed by atoms with Crippen LogP contribution in [0.3, 0.4) is 0 Å². The van der Waals surface area contributed by atoms with Crippen LogP contribution in [-0.4, -0.2) is 10.9 Å². The van der Waals surface area contributed by atoms with Crippen molar-refractivity contribution in [1.29, 1.82) is 0 Å². The normalized spacial score (nSPS) is 9.12. The van der Waals surface area contributed by atoms with E-state index in [4.69, 9.17) is 0 Å². The van der Waals surface area contributed by atoms with Gasteiger partial charge in [0.25, 0.3) is 0 Å². The Kier molecular flexibility index (Phi) is 1.86. The first kappa shape index (κ1) is 5.56. The van der Waals surface area contributed by atoms with E-state index < -0.39 is 0 Å². The minimum atomic E-state index is 0.678. The second-order valence-electron chi connectivity index (χ2n) is 1.43. The Morgan fingerprint density at radius 2 is 2.62 bits per heavy atom. The van der Waals surface area contributed by atoms with E-state index in [9.17, 15) is 0 Å². The molecule has 0 unspecified atom stereocenters. The number of H-pyrrole nitrogens is 1. The van der Waals surface area contributed by atoms with Crippen LogP contribution >= 0.6 is 12.6 Å². The fraction of sp³-hybridized carbons (Fsp3) is 0.200. The monoisotopic (exact) mass is 128 g/mol. The lowest BCUT2D eigenvalue weighted by Crippen LogP contribution is -1.90. The SMILES string of the molecule is SCNc1cc[nH]c1. The number of aromatic nitrogens is 1. The lowest BCUT2D eigenvalue weighted by molar-refractivity contribution is 1.40. The first-order valence-electron chi connectivity index (χ1n) is 2.41. The maximum absolute atomic E-state index is 3.98. The zero-order chi connectivity index (χ0) is 5.82. The third kappa shape index (κ3) is 1.20. The zero-order valence-corrected chi connectivity index (χ0v) is 5.28. The Bertz CT molecular complexity index is 136. The molecule has 1 heterocycles. The fourth-order valence-electron chi connectivity index (χ4n) is 0.525. The van der Waals surface area contributed by atoms with Gasteiger partial charge >= 0.3 is 0 Å². The molecule has 44 valence electrons. The van der Waals surface area contributed by atoms with Gasteiger partial charge in [-0.1, -0.05) is 0 Å². The summed E-state index contributed by atoms with van der Waals surface area (Å²) < 4.78 is 0. The average molecular weight is 128 g/mol. The molecule has 0 atom stereocenters. The number of anilines is 1. The molecule has 2 nitrogen and oxygen atoms in total.